The Hall–Kier alpha value is -0.180. The minimum absolute atomic E-state index is 0.147. The summed E-state index contributed by atoms with van der Waals surface area (Å²) >= 11 is 4.14. The molecular weight excluding hydrogens is 208 g/mol. The Balaban J connectivity index is 2.15. The van der Waals surface area contributed by atoms with Crippen molar-refractivity contribution in [2.75, 3.05) is 0 Å². The molecule has 0 aliphatic heterocycles. The van der Waals surface area contributed by atoms with Crippen LogP contribution in [0.1, 0.15) is 46.5 Å². The fourth-order valence-corrected chi connectivity index (χ4v) is 3.37. The maximum atomic E-state index is 11.7. The Labute approximate surface area is 97.2 Å². The number of hydrogen-bond acceptors (Lipinski definition) is 3. The lowest BCUT2D eigenvalue weighted by Crippen LogP contribution is -2.45. The van der Waals surface area contributed by atoms with E-state index in [2.05, 4.69) is 26.5 Å². The third-order valence-corrected chi connectivity index (χ3v) is 4.46. The molecule has 2 saturated carbocycles. The highest BCUT2D eigenvalue weighted by atomic mass is 32.1. The molecule has 2 bridgehead atoms. The average Bonchev–Trinajstić information content (AvgIpc) is 2.57. The quantitative estimate of drug-likeness (QED) is 0.581. The zero-order valence-electron chi connectivity index (χ0n) is 9.75. The van der Waals surface area contributed by atoms with E-state index in [0.717, 1.165) is 18.8 Å². The molecule has 2 aliphatic carbocycles. The number of fused-ring (bicyclic) bond motifs is 2. The summed E-state index contributed by atoms with van der Waals surface area (Å²) in [6.45, 7) is 6.22. The molecule has 3 heteroatoms. The Morgan fingerprint density at radius 1 is 1.47 bits per heavy atom. The van der Waals surface area contributed by atoms with Crippen molar-refractivity contribution in [2.45, 2.75) is 57.3 Å². The van der Waals surface area contributed by atoms with Gasteiger partial charge in [0.15, 0.2) is 0 Å². The van der Waals surface area contributed by atoms with Gasteiger partial charge in [0, 0.05) is 5.41 Å². The van der Waals surface area contributed by atoms with Crippen LogP contribution in [0.5, 0.6) is 0 Å². The topological polar surface area (TPSA) is 26.3 Å². The van der Waals surface area contributed by atoms with Crippen molar-refractivity contribution < 1.29 is 9.53 Å². The molecule has 15 heavy (non-hydrogen) atoms. The van der Waals surface area contributed by atoms with Crippen LogP contribution in [0.4, 0.5) is 0 Å². The van der Waals surface area contributed by atoms with Gasteiger partial charge in [-0.05, 0) is 38.5 Å². The van der Waals surface area contributed by atoms with E-state index >= 15 is 0 Å². The number of carbonyl (C=O) groups is 1. The van der Waals surface area contributed by atoms with Crippen LogP contribution in [0.3, 0.4) is 0 Å². The second-order valence-corrected chi connectivity index (χ2v) is 6.56. The van der Waals surface area contributed by atoms with Crippen molar-refractivity contribution in [3.8, 4) is 0 Å². The van der Waals surface area contributed by atoms with Crippen LogP contribution in [0.2, 0.25) is 0 Å². The lowest BCUT2D eigenvalue weighted by molar-refractivity contribution is -0.169. The second-order valence-electron chi connectivity index (χ2n) is 5.79. The predicted octanol–water partition coefficient (Wildman–Crippen LogP) is 2.82. The molecule has 2 aliphatic rings. The van der Waals surface area contributed by atoms with Gasteiger partial charge in [-0.15, -0.1) is 0 Å². The molecule has 0 aromatic heterocycles. The fraction of sp³-hybridized carbons (Fsp3) is 0.917. The molecular formula is C12H20O2S. The van der Waals surface area contributed by atoms with Gasteiger partial charge < -0.3 is 4.74 Å². The van der Waals surface area contributed by atoms with Crippen molar-refractivity contribution >= 4 is 18.6 Å². The van der Waals surface area contributed by atoms with Gasteiger partial charge >= 0.3 is 5.97 Å². The molecule has 2 nitrogen and oxygen atoms in total. The highest BCUT2D eigenvalue weighted by molar-refractivity contribution is 7.81. The third kappa shape index (κ3) is 1.69. The molecule has 2 rings (SSSR count). The molecule has 0 aromatic rings. The fourth-order valence-electron chi connectivity index (χ4n) is 3.31. The van der Waals surface area contributed by atoms with E-state index in [1.807, 2.05) is 0 Å². The minimum Gasteiger partial charge on any atom is -0.458 e. The molecule has 2 fully saturated rings. The SMILES string of the molecule is CC(S)C(=O)OC12CCC(CC1(C)C)C2. The summed E-state index contributed by atoms with van der Waals surface area (Å²) in [5.74, 6) is 0.608. The van der Waals surface area contributed by atoms with Crippen LogP contribution in [-0.4, -0.2) is 16.8 Å². The zero-order chi connectivity index (χ0) is 11.3. The Morgan fingerprint density at radius 2 is 2.13 bits per heavy atom. The largest absolute Gasteiger partial charge is 0.458 e. The lowest BCUT2D eigenvalue weighted by atomic mass is 9.73. The smallest absolute Gasteiger partial charge is 0.319 e. The number of rotatable bonds is 2. The number of hydrogen-bond donors (Lipinski definition) is 1. The summed E-state index contributed by atoms with van der Waals surface area (Å²) in [7, 11) is 0. The molecule has 0 N–H and O–H groups in total. The monoisotopic (exact) mass is 228 g/mol. The molecule has 3 atom stereocenters. The molecule has 0 spiro atoms. The summed E-state index contributed by atoms with van der Waals surface area (Å²) in [4.78, 5) is 11.7. The van der Waals surface area contributed by atoms with Crippen molar-refractivity contribution in [3.63, 3.8) is 0 Å². The van der Waals surface area contributed by atoms with Gasteiger partial charge in [0.1, 0.15) is 5.60 Å². The van der Waals surface area contributed by atoms with Crippen LogP contribution in [-0.2, 0) is 9.53 Å². The number of carbonyl (C=O) groups excluding carboxylic acids is 1. The van der Waals surface area contributed by atoms with Gasteiger partial charge in [-0.1, -0.05) is 13.8 Å². The van der Waals surface area contributed by atoms with E-state index in [1.54, 1.807) is 6.92 Å². The molecule has 0 saturated heterocycles. The normalized spacial score (nSPS) is 39.1. The van der Waals surface area contributed by atoms with E-state index in [-0.39, 0.29) is 22.2 Å². The second kappa shape index (κ2) is 3.41. The van der Waals surface area contributed by atoms with Gasteiger partial charge in [-0.3, -0.25) is 4.79 Å². The summed E-state index contributed by atoms with van der Waals surface area (Å²) in [6, 6.07) is 0. The van der Waals surface area contributed by atoms with Crippen LogP contribution in [0.15, 0.2) is 0 Å². The molecule has 3 unspecified atom stereocenters. The maximum absolute atomic E-state index is 11.7. The van der Waals surface area contributed by atoms with Crippen LogP contribution in [0, 0.1) is 11.3 Å². The lowest BCUT2D eigenvalue weighted by Gasteiger charge is -2.41. The first-order valence-electron chi connectivity index (χ1n) is 5.77. The number of esters is 1. The van der Waals surface area contributed by atoms with Gasteiger partial charge in [-0.2, -0.15) is 12.6 Å². The summed E-state index contributed by atoms with van der Waals surface area (Å²) in [6.07, 6.45) is 4.52. The molecule has 0 aromatic carbocycles. The highest BCUT2D eigenvalue weighted by Crippen LogP contribution is 2.60. The first kappa shape index (κ1) is 11.3. The first-order valence-corrected chi connectivity index (χ1v) is 6.29. The van der Waals surface area contributed by atoms with Crippen molar-refractivity contribution in [3.05, 3.63) is 0 Å². The predicted molar refractivity (Wildman–Crippen MR) is 63.0 cm³/mol. The Bertz CT molecular complexity index is 285. The standard InChI is InChI=1S/C12H20O2S/c1-8(15)10(13)14-12-5-4-9(7-12)6-11(12,2)3/h8-9,15H,4-7H2,1-3H3. The van der Waals surface area contributed by atoms with Crippen molar-refractivity contribution in [1.29, 1.82) is 0 Å². The van der Waals surface area contributed by atoms with Crippen molar-refractivity contribution in [2.24, 2.45) is 11.3 Å². The van der Waals surface area contributed by atoms with Gasteiger partial charge in [0.05, 0.1) is 5.25 Å². The maximum Gasteiger partial charge on any atom is 0.319 e. The Morgan fingerprint density at radius 3 is 2.53 bits per heavy atom. The zero-order valence-corrected chi connectivity index (χ0v) is 10.6. The summed E-state index contributed by atoms with van der Waals surface area (Å²) in [5, 5.41) is -0.310. The van der Waals surface area contributed by atoms with Crippen LogP contribution < -0.4 is 0 Å². The Kier molecular flexibility index (Phi) is 2.57. The van der Waals surface area contributed by atoms with Crippen LogP contribution >= 0.6 is 12.6 Å². The van der Waals surface area contributed by atoms with Gasteiger partial charge in [0.25, 0.3) is 0 Å². The van der Waals surface area contributed by atoms with Gasteiger partial charge in [-0.25, -0.2) is 0 Å². The van der Waals surface area contributed by atoms with Crippen molar-refractivity contribution in [1.82, 2.24) is 0 Å². The molecule has 0 radical (unpaired) electrons. The molecule has 86 valence electrons. The molecule has 0 heterocycles. The van der Waals surface area contributed by atoms with E-state index in [0.29, 0.717) is 0 Å². The highest BCUT2D eigenvalue weighted by Gasteiger charge is 2.59. The minimum atomic E-state index is -0.310. The number of ether oxygens (including phenoxy) is 1. The first-order chi connectivity index (χ1) is 6.86. The molecule has 0 amide bonds. The summed E-state index contributed by atoms with van der Waals surface area (Å²) in [5.41, 5.74) is -0.0417. The third-order valence-electron chi connectivity index (χ3n) is 4.24. The van der Waals surface area contributed by atoms with E-state index < -0.39 is 0 Å². The van der Waals surface area contributed by atoms with Crippen LogP contribution in [0.25, 0.3) is 0 Å². The number of thiol groups is 1. The van der Waals surface area contributed by atoms with E-state index in [4.69, 9.17) is 4.74 Å². The average molecular weight is 228 g/mol. The van der Waals surface area contributed by atoms with E-state index in [9.17, 15) is 4.79 Å². The van der Waals surface area contributed by atoms with E-state index in [1.165, 1.54) is 12.8 Å². The summed E-state index contributed by atoms with van der Waals surface area (Å²) < 4.78 is 5.75. The van der Waals surface area contributed by atoms with Gasteiger partial charge in [0.2, 0.25) is 0 Å².